The minimum absolute atomic E-state index is 0.175. The fourth-order valence-corrected chi connectivity index (χ4v) is 4.73. The molecule has 1 heterocycles. The van der Waals surface area contributed by atoms with E-state index in [-0.39, 0.29) is 5.82 Å². The molecule has 3 rings (SSSR count). The van der Waals surface area contributed by atoms with Crippen LogP contribution in [0.3, 0.4) is 0 Å². The van der Waals surface area contributed by atoms with Crippen LogP contribution in [0.4, 0.5) is 4.39 Å². The van der Waals surface area contributed by atoms with Crippen molar-refractivity contribution in [3.05, 3.63) is 77.7 Å². The molecule has 0 aliphatic carbocycles. The minimum atomic E-state index is -0.175. The minimum Gasteiger partial charge on any atom is -0.256 e. The second-order valence-electron chi connectivity index (χ2n) is 9.98. The lowest BCUT2D eigenvalue weighted by atomic mass is 10.00. The van der Waals surface area contributed by atoms with Crippen LogP contribution < -0.4 is 0 Å². The average Bonchev–Trinajstić information content (AvgIpc) is 2.89. The van der Waals surface area contributed by atoms with E-state index in [0.29, 0.717) is 11.3 Å². The van der Waals surface area contributed by atoms with Crippen molar-refractivity contribution in [3.63, 3.8) is 0 Å². The van der Waals surface area contributed by atoms with Crippen LogP contribution in [0.2, 0.25) is 0 Å². The Morgan fingerprint density at radius 1 is 0.571 bits per heavy atom. The number of benzene rings is 2. The molecular weight excluding hydrogens is 429 g/mol. The maximum absolute atomic E-state index is 14.8. The summed E-state index contributed by atoms with van der Waals surface area (Å²) in [6, 6.07) is 18.5. The summed E-state index contributed by atoms with van der Waals surface area (Å²) >= 11 is 0. The molecule has 0 amide bonds. The quantitative estimate of drug-likeness (QED) is 0.189. The first-order valence-corrected chi connectivity index (χ1v) is 14.1. The van der Waals surface area contributed by atoms with Gasteiger partial charge >= 0.3 is 0 Å². The zero-order valence-electron chi connectivity index (χ0n) is 22.0. The van der Waals surface area contributed by atoms with Crippen molar-refractivity contribution in [1.82, 2.24) is 4.98 Å². The summed E-state index contributed by atoms with van der Waals surface area (Å²) in [7, 11) is 0. The second kappa shape index (κ2) is 15.5. The molecular formula is C33H44FN. The second-order valence-corrected chi connectivity index (χ2v) is 9.98. The third-order valence-electron chi connectivity index (χ3n) is 7.00. The van der Waals surface area contributed by atoms with E-state index in [2.05, 4.69) is 55.2 Å². The highest BCUT2D eigenvalue weighted by Gasteiger charge is 2.09. The van der Waals surface area contributed by atoms with Crippen LogP contribution in [0.5, 0.6) is 0 Å². The number of aromatic nitrogens is 1. The number of hydrogen-bond donors (Lipinski definition) is 0. The van der Waals surface area contributed by atoms with Gasteiger partial charge in [0.15, 0.2) is 0 Å². The van der Waals surface area contributed by atoms with Gasteiger partial charge in [-0.2, -0.15) is 0 Å². The molecule has 0 aliphatic heterocycles. The van der Waals surface area contributed by atoms with E-state index >= 15 is 0 Å². The van der Waals surface area contributed by atoms with Crippen molar-refractivity contribution in [2.45, 2.75) is 104 Å². The smallest absolute Gasteiger partial charge is 0.132 e. The maximum Gasteiger partial charge on any atom is 0.132 e. The molecule has 0 radical (unpaired) electrons. The predicted molar refractivity (Wildman–Crippen MR) is 149 cm³/mol. The third-order valence-corrected chi connectivity index (χ3v) is 7.00. The molecule has 1 nitrogen and oxygen atoms in total. The first-order valence-electron chi connectivity index (χ1n) is 14.1. The summed E-state index contributed by atoms with van der Waals surface area (Å²) in [6.07, 6.45) is 19.5. The first-order chi connectivity index (χ1) is 17.2. The molecule has 0 spiro atoms. The summed E-state index contributed by atoms with van der Waals surface area (Å²) < 4.78 is 14.8. The summed E-state index contributed by atoms with van der Waals surface area (Å²) in [5, 5.41) is 0. The number of aryl methyl sites for hydroxylation is 2. The number of rotatable bonds is 16. The van der Waals surface area contributed by atoms with Gasteiger partial charge in [0.05, 0.1) is 5.69 Å². The van der Waals surface area contributed by atoms with Gasteiger partial charge in [0.1, 0.15) is 5.82 Å². The molecule has 0 saturated heterocycles. The SMILES string of the molecule is CCCCCCCCCc1ccc(-c2ccc(-c3ccc(CCCCCCC)cc3F)nc2)cc1. The molecule has 1 aromatic heterocycles. The Bertz CT molecular complexity index is 975. The Hall–Kier alpha value is -2.48. The summed E-state index contributed by atoms with van der Waals surface area (Å²) in [5.74, 6) is -0.175. The van der Waals surface area contributed by atoms with Crippen LogP contribution >= 0.6 is 0 Å². The lowest BCUT2D eigenvalue weighted by Crippen LogP contribution is -1.93. The van der Waals surface area contributed by atoms with Crippen molar-refractivity contribution >= 4 is 0 Å². The van der Waals surface area contributed by atoms with E-state index in [4.69, 9.17) is 0 Å². The summed E-state index contributed by atoms with van der Waals surface area (Å²) in [4.78, 5) is 4.59. The predicted octanol–water partition coefficient (Wildman–Crippen LogP) is 10.4. The zero-order chi connectivity index (χ0) is 24.7. The molecule has 2 heteroatoms. The van der Waals surface area contributed by atoms with Gasteiger partial charge in [-0.25, -0.2) is 4.39 Å². The van der Waals surface area contributed by atoms with E-state index in [1.54, 1.807) is 6.07 Å². The van der Waals surface area contributed by atoms with Gasteiger partial charge in [-0.15, -0.1) is 0 Å². The third kappa shape index (κ3) is 9.24. The molecule has 2 aromatic carbocycles. The lowest BCUT2D eigenvalue weighted by Gasteiger charge is -2.08. The maximum atomic E-state index is 14.8. The molecule has 0 bridgehead atoms. The molecule has 0 aliphatic rings. The van der Waals surface area contributed by atoms with Crippen molar-refractivity contribution in [1.29, 1.82) is 0 Å². The number of nitrogens with zero attached hydrogens (tertiary/aromatic N) is 1. The lowest BCUT2D eigenvalue weighted by molar-refractivity contribution is 0.589. The van der Waals surface area contributed by atoms with E-state index in [9.17, 15) is 4.39 Å². The Labute approximate surface area is 213 Å². The highest BCUT2D eigenvalue weighted by Crippen LogP contribution is 2.26. The van der Waals surface area contributed by atoms with Crippen LogP contribution in [-0.4, -0.2) is 4.98 Å². The molecule has 0 saturated carbocycles. The van der Waals surface area contributed by atoms with E-state index < -0.39 is 0 Å². The molecule has 0 atom stereocenters. The Morgan fingerprint density at radius 3 is 1.69 bits per heavy atom. The first kappa shape index (κ1) is 27.1. The highest BCUT2D eigenvalue weighted by molar-refractivity contribution is 5.67. The van der Waals surface area contributed by atoms with E-state index in [1.165, 1.54) is 76.2 Å². The van der Waals surface area contributed by atoms with E-state index in [1.807, 2.05) is 18.3 Å². The van der Waals surface area contributed by atoms with E-state index in [0.717, 1.165) is 36.0 Å². The summed E-state index contributed by atoms with van der Waals surface area (Å²) in [6.45, 7) is 4.49. The monoisotopic (exact) mass is 473 g/mol. The Balaban J connectivity index is 1.50. The van der Waals surface area contributed by atoms with Crippen LogP contribution in [0, 0.1) is 5.82 Å². The molecule has 0 N–H and O–H groups in total. The molecule has 35 heavy (non-hydrogen) atoms. The van der Waals surface area contributed by atoms with Gasteiger partial charge in [0, 0.05) is 17.3 Å². The number of hydrogen-bond acceptors (Lipinski definition) is 1. The van der Waals surface area contributed by atoms with Crippen LogP contribution in [0.25, 0.3) is 22.4 Å². The van der Waals surface area contributed by atoms with Crippen molar-refractivity contribution < 1.29 is 4.39 Å². The van der Waals surface area contributed by atoms with Crippen molar-refractivity contribution in [2.75, 3.05) is 0 Å². The van der Waals surface area contributed by atoms with Crippen LogP contribution in [-0.2, 0) is 12.8 Å². The van der Waals surface area contributed by atoms with Gasteiger partial charge in [0.25, 0.3) is 0 Å². The van der Waals surface area contributed by atoms with Crippen LogP contribution in [0.1, 0.15) is 102 Å². The van der Waals surface area contributed by atoms with Crippen molar-refractivity contribution in [3.8, 4) is 22.4 Å². The Kier molecular flexibility index (Phi) is 12.0. The number of pyridine rings is 1. The van der Waals surface area contributed by atoms with Gasteiger partial charge in [0.2, 0.25) is 0 Å². The Morgan fingerprint density at radius 2 is 1.11 bits per heavy atom. The zero-order valence-corrected chi connectivity index (χ0v) is 22.0. The molecule has 188 valence electrons. The topological polar surface area (TPSA) is 12.9 Å². The van der Waals surface area contributed by atoms with Gasteiger partial charge in [-0.1, -0.05) is 114 Å². The molecule has 3 aromatic rings. The fraction of sp³-hybridized carbons (Fsp3) is 0.485. The normalized spacial score (nSPS) is 11.2. The number of unbranched alkanes of at least 4 members (excludes halogenated alkanes) is 10. The molecule has 0 fully saturated rings. The van der Waals surface area contributed by atoms with Gasteiger partial charge < -0.3 is 0 Å². The van der Waals surface area contributed by atoms with Crippen molar-refractivity contribution in [2.24, 2.45) is 0 Å². The molecule has 0 unspecified atom stereocenters. The summed E-state index contributed by atoms with van der Waals surface area (Å²) in [5.41, 5.74) is 5.98. The fourth-order valence-electron chi connectivity index (χ4n) is 4.73. The highest BCUT2D eigenvalue weighted by atomic mass is 19.1. The standard InChI is InChI=1S/C33H44FN/c1-3-5-7-9-10-12-13-15-27-17-20-29(21-18-27)30-22-24-33(35-26-30)31-23-19-28(25-32(31)34)16-14-11-8-6-4-2/h17-26H,3-16H2,1-2H3. The largest absolute Gasteiger partial charge is 0.256 e. The average molecular weight is 474 g/mol. The van der Waals surface area contributed by atoms with Gasteiger partial charge in [-0.05, 0) is 60.6 Å². The van der Waals surface area contributed by atoms with Gasteiger partial charge in [-0.3, -0.25) is 4.98 Å². The number of halogens is 1. The van der Waals surface area contributed by atoms with Crippen LogP contribution in [0.15, 0.2) is 60.8 Å².